The highest BCUT2D eigenvalue weighted by Gasteiger charge is 2.50. The molecule has 0 amide bonds. The van der Waals surface area contributed by atoms with Crippen molar-refractivity contribution in [3.05, 3.63) is 0 Å². The lowest BCUT2D eigenvalue weighted by Gasteiger charge is -2.38. The van der Waals surface area contributed by atoms with E-state index in [0.717, 1.165) is 0 Å². The second-order valence-corrected chi connectivity index (χ2v) is 5.11. The van der Waals surface area contributed by atoms with Crippen molar-refractivity contribution in [1.29, 1.82) is 0 Å². The van der Waals surface area contributed by atoms with Gasteiger partial charge in [-0.25, -0.2) is 0 Å². The van der Waals surface area contributed by atoms with E-state index in [1.54, 1.807) is 0 Å². The molecule has 0 aromatic carbocycles. The zero-order chi connectivity index (χ0) is 13.2. The Balaban J connectivity index is 0.000000437. The number of hydrogen-bond acceptors (Lipinski definition) is 5. The third-order valence-electron chi connectivity index (χ3n) is 3.52. The second-order valence-electron chi connectivity index (χ2n) is 5.11. The average Bonchev–Trinajstić information content (AvgIpc) is 2.51. The van der Waals surface area contributed by atoms with Gasteiger partial charge in [-0.2, -0.15) is 9.59 Å². The Bertz CT molecular complexity index is 295. The second kappa shape index (κ2) is 5.27. The molecule has 0 saturated carbocycles. The Labute approximate surface area is 101 Å². The van der Waals surface area contributed by atoms with Crippen molar-refractivity contribution < 1.29 is 23.8 Å². The summed E-state index contributed by atoms with van der Waals surface area (Å²) in [5, 5.41) is 0. The summed E-state index contributed by atoms with van der Waals surface area (Å²) in [6, 6.07) is 0. The molecule has 2 unspecified atom stereocenters. The lowest BCUT2D eigenvalue weighted by molar-refractivity contribution is -0.220. The van der Waals surface area contributed by atoms with Crippen LogP contribution < -0.4 is 0 Å². The number of fused-ring (bicyclic) bond motifs is 1. The maximum absolute atomic E-state index is 8.12. The third-order valence-corrected chi connectivity index (χ3v) is 3.52. The summed E-state index contributed by atoms with van der Waals surface area (Å²) in [6.45, 7) is 10.4. The standard InChI is InChI=1S/C11H20O3.CO2/c1-6-7(2)9-10(12-8(6)3)14-11(4,5)13-9;2-1-3/h6-10H,1-5H3;/t6-,7?,8-,9-,10?;/m0./s1. The minimum Gasteiger partial charge on any atom is -0.347 e. The molecule has 2 aliphatic heterocycles. The molecule has 2 fully saturated rings. The zero-order valence-corrected chi connectivity index (χ0v) is 10.9. The normalized spacial score (nSPS) is 43.0. The molecule has 0 aliphatic carbocycles. The van der Waals surface area contributed by atoms with Crippen molar-refractivity contribution in [3.8, 4) is 0 Å². The van der Waals surface area contributed by atoms with Gasteiger partial charge in [0.25, 0.3) is 0 Å². The van der Waals surface area contributed by atoms with Crippen LogP contribution in [0.15, 0.2) is 0 Å². The quantitative estimate of drug-likeness (QED) is 0.647. The van der Waals surface area contributed by atoms with Crippen LogP contribution in [-0.4, -0.2) is 30.4 Å². The topological polar surface area (TPSA) is 61.8 Å². The third kappa shape index (κ3) is 3.13. The van der Waals surface area contributed by atoms with Crippen molar-refractivity contribution in [2.45, 2.75) is 58.9 Å². The van der Waals surface area contributed by atoms with E-state index in [2.05, 4.69) is 20.8 Å². The van der Waals surface area contributed by atoms with Crippen molar-refractivity contribution >= 4 is 6.15 Å². The van der Waals surface area contributed by atoms with Gasteiger partial charge in [-0.3, -0.25) is 0 Å². The number of ether oxygens (including phenoxy) is 3. The van der Waals surface area contributed by atoms with Crippen LogP contribution in [-0.2, 0) is 23.8 Å². The van der Waals surface area contributed by atoms with Crippen LogP contribution >= 0.6 is 0 Å². The fourth-order valence-electron chi connectivity index (χ4n) is 2.28. The van der Waals surface area contributed by atoms with Crippen LogP contribution in [0.4, 0.5) is 0 Å². The van der Waals surface area contributed by atoms with E-state index in [1.807, 2.05) is 13.8 Å². The summed E-state index contributed by atoms with van der Waals surface area (Å²) >= 11 is 0. The van der Waals surface area contributed by atoms with E-state index in [9.17, 15) is 0 Å². The monoisotopic (exact) mass is 244 g/mol. The number of hydrogen-bond donors (Lipinski definition) is 0. The highest BCUT2D eigenvalue weighted by atomic mass is 16.8. The molecule has 98 valence electrons. The lowest BCUT2D eigenvalue weighted by Crippen LogP contribution is -2.46. The molecule has 0 radical (unpaired) electrons. The number of rotatable bonds is 0. The molecular formula is C12H20O5. The molecule has 0 bridgehead atoms. The summed E-state index contributed by atoms with van der Waals surface area (Å²) in [5.41, 5.74) is 0. The highest BCUT2D eigenvalue weighted by molar-refractivity contribution is 5.20. The Hall–Kier alpha value is -0.740. The first-order chi connectivity index (χ1) is 7.82. The van der Waals surface area contributed by atoms with Crippen LogP contribution in [0.2, 0.25) is 0 Å². The van der Waals surface area contributed by atoms with Gasteiger partial charge < -0.3 is 14.2 Å². The van der Waals surface area contributed by atoms with Crippen molar-refractivity contribution in [1.82, 2.24) is 0 Å². The molecule has 2 aliphatic rings. The number of carbonyl (C=O) groups excluding carboxylic acids is 2. The van der Waals surface area contributed by atoms with Crippen LogP contribution in [0.5, 0.6) is 0 Å². The first kappa shape index (κ1) is 14.3. The van der Waals surface area contributed by atoms with E-state index >= 15 is 0 Å². The largest absolute Gasteiger partial charge is 0.373 e. The Morgan fingerprint density at radius 1 is 1.00 bits per heavy atom. The summed E-state index contributed by atoms with van der Waals surface area (Å²) in [7, 11) is 0. The van der Waals surface area contributed by atoms with Gasteiger partial charge in [0, 0.05) is 0 Å². The molecule has 17 heavy (non-hydrogen) atoms. The van der Waals surface area contributed by atoms with Gasteiger partial charge in [-0.15, -0.1) is 0 Å². The molecule has 5 nitrogen and oxygen atoms in total. The van der Waals surface area contributed by atoms with Gasteiger partial charge in [0.1, 0.15) is 6.10 Å². The minimum atomic E-state index is -0.493. The summed E-state index contributed by atoms with van der Waals surface area (Å²) < 4.78 is 17.3. The predicted molar refractivity (Wildman–Crippen MR) is 57.7 cm³/mol. The first-order valence-corrected chi connectivity index (χ1v) is 5.82. The maximum atomic E-state index is 8.12. The Kier molecular flexibility index (Phi) is 4.44. The lowest BCUT2D eigenvalue weighted by atomic mass is 9.84. The molecule has 5 atom stereocenters. The molecule has 2 rings (SSSR count). The van der Waals surface area contributed by atoms with Crippen molar-refractivity contribution in [3.63, 3.8) is 0 Å². The van der Waals surface area contributed by atoms with E-state index in [0.29, 0.717) is 11.8 Å². The van der Waals surface area contributed by atoms with Gasteiger partial charge in [0.05, 0.1) is 6.10 Å². The summed E-state index contributed by atoms with van der Waals surface area (Å²) in [4.78, 5) is 16.2. The minimum absolute atomic E-state index is 0.0937. The molecule has 5 heteroatoms. The van der Waals surface area contributed by atoms with Gasteiger partial charge in [-0.1, -0.05) is 13.8 Å². The van der Waals surface area contributed by atoms with Crippen LogP contribution in [0, 0.1) is 11.8 Å². The summed E-state index contributed by atoms with van der Waals surface area (Å²) in [6.07, 6.45) is 0.422. The predicted octanol–water partition coefficient (Wildman–Crippen LogP) is 1.57. The van der Waals surface area contributed by atoms with E-state index < -0.39 is 5.79 Å². The van der Waals surface area contributed by atoms with Crippen molar-refractivity contribution in [2.75, 3.05) is 0 Å². The first-order valence-electron chi connectivity index (χ1n) is 5.82. The fourth-order valence-corrected chi connectivity index (χ4v) is 2.28. The summed E-state index contributed by atoms with van der Waals surface area (Å²) in [5.74, 6) is 0.521. The molecular weight excluding hydrogens is 224 g/mol. The Morgan fingerprint density at radius 2 is 1.53 bits per heavy atom. The van der Waals surface area contributed by atoms with Gasteiger partial charge in [0.2, 0.25) is 0 Å². The smallest absolute Gasteiger partial charge is 0.347 e. The van der Waals surface area contributed by atoms with E-state index in [-0.39, 0.29) is 24.6 Å². The van der Waals surface area contributed by atoms with Crippen LogP contribution in [0.25, 0.3) is 0 Å². The van der Waals surface area contributed by atoms with Gasteiger partial charge in [-0.05, 0) is 32.6 Å². The van der Waals surface area contributed by atoms with Crippen LogP contribution in [0.1, 0.15) is 34.6 Å². The zero-order valence-electron chi connectivity index (χ0n) is 10.9. The van der Waals surface area contributed by atoms with Crippen LogP contribution in [0.3, 0.4) is 0 Å². The molecule has 0 aromatic heterocycles. The van der Waals surface area contributed by atoms with Crippen molar-refractivity contribution in [2.24, 2.45) is 11.8 Å². The highest BCUT2D eigenvalue weighted by Crippen LogP contribution is 2.41. The van der Waals surface area contributed by atoms with Gasteiger partial charge in [0.15, 0.2) is 12.1 Å². The Morgan fingerprint density at radius 3 is 2.06 bits per heavy atom. The molecule has 0 spiro atoms. The average molecular weight is 244 g/mol. The van der Waals surface area contributed by atoms with E-state index in [4.69, 9.17) is 23.8 Å². The SMILES string of the molecule is CC1[C@@H]2OC(C)(C)OC2O[C@@H](C)[C@H]1C.O=C=O. The molecule has 0 N–H and O–H groups in total. The molecule has 2 saturated heterocycles. The molecule has 0 aromatic rings. The fraction of sp³-hybridized carbons (Fsp3) is 0.917. The van der Waals surface area contributed by atoms with E-state index in [1.165, 1.54) is 0 Å². The maximum Gasteiger partial charge on any atom is 0.373 e. The van der Waals surface area contributed by atoms with Gasteiger partial charge >= 0.3 is 6.15 Å². The molecule has 2 heterocycles.